The molecule has 0 bridgehead atoms. The monoisotopic (exact) mass is 396 g/mol. The number of benzene rings is 2. The van der Waals surface area contributed by atoms with Gasteiger partial charge in [-0.2, -0.15) is 0 Å². The quantitative estimate of drug-likeness (QED) is 0.634. The molecule has 3 rings (SSSR count). The molecule has 0 saturated carbocycles. The Kier molecular flexibility index (Phi) is 6.16. The van der Waals surface area contributed by atoms with Crippen LogP contribution in [0.2, 0.25) is 0 Å². The van der Waals surface area contributed by atoms with Crippen LogP contribution in [0, 0.1) is 0 Å². The van der Waals surface area contributed by atoms with E-state index < -0.39 is 6.09 Å². The van der Waals surface area contributed by atoms with Crippen molar-refractivity contribution in [2.24, 2.45) is 0 Å². The lowest BCUT2D eigenvalue weighted by atomic mass is 9.98. The fourth-order valence-corrected chi connectivity index (χ4v) is 3.66. The summed E-state index contributed by atoms with van der Waals surface area (Å²) in [5, 5.41) is 13.3. The summed E-state index contributed by atoms with van der Waals surface area (Å²) in [4.78, 5) is 34.1. The Labute approximate surface area is 167 Å². The predicted molar refractivity (Wildman–Crippen MR) is 110 cm³/mol. The highest BCUT2D eigenvalue weighted by atomic mass is 32.2. The van der Waals surface area contributed by atoms with Gasteiger partial charge in [0.25, 0.3) is 11.1 Å². The number of hydrogen-bond acceptors (Lipinski definition) is 4. The second-order valence-electron chi connectivity index (χ2n) is 6.43. The van der Waals surface area contributed by atoms with Gasteiger partial charge in [0, 0.05) is 6.04 Å². The molecule has 1 aliphatic rings. The van der Waals surface area contributed by atoms with Crippen molar-refractivity contribution >= 4 is 35.1 Å². The Morgan fingerprint density at radius 1 is 1.18 bits per heavy atom. The zero-order valence-electron chi connectivity index (χ0n) is 15.3. The number of nitrogens with one attached hydrogen (secondary N) is 2. The third kappa shape index (κ3) is 5.01. The Morgan fingerprint density at radius 2 is 1.93 bits per heavy atom. The van der Waals surface area contributed by atoms with Crippen LogP contribution < -0.4 is 10.6 Å². The van der Waals surface area contributed by atoms with Crippen LogP contribution in [-0.4, -0.2) is 28.4 Å². The average Bonchev–Trinajstić information content (AvgIpc) is 2.98. The molecule has 28 heavy (non-hydrogen) atoms. The molecule has 3 amide bonds. The summed E-state index contributed by atoms with van der Waals surface area (Å²) in [6.45, 7) is 1.95. The predicted octanol–water partition coefficient (Wildman–Crippen LogP) is 4.27. The van der Waals surface area contributed by atoms with Crippen molar-refractivity contribution in [3.8, 4) is 11.1 Å². The third-order valence-electron chi connectivity index (χ3n) is 4.41. The van der Waals surface area contributed by atoms with Gasteiger partial charge in [0.15, 0.2) is 0 Å². The first-order chi connectivity index (χ1) is 13.4. The van der Waals surface area contributed by atoms with Crippen molar-refractivity contribution in [2.75, 3.05) is 0 Å². The first-order valence-electron chi connectivity index (χ1n) is 8.88. The number of imide groups is 1. The Morgan fingerprint density at radius 3 is 2.54 bits per heavy atom. The molecule has 2 aromatic rings. The number of carboxylic acid groups (broad SMARTS) is 1. The zero-order valence-corrected chi connectivity index (χ0v) is 16.1. The SMILES string of the molecule is CCC(Cc1cccc(-c2ccc(C=C3SC(=O)NC3=O)cc2)c1)NC(=O)O. The van der Waals surface area contributed by atoms with E-state index in [0.29, 0.717) is 17.7 Å². The molecule has 0 radical (unpaired) electrons. The van der Waals surface area contributed by atoms with E-state index in [4.69, 9.17) is 5.11 Å². The Balaban J connectivity index is 1.75. The van der Waals surface area contributed by atoms with Crippen LogP contribution in [0.3, 0.4) is 0 Å². The highest BCUT2D eigenvalue weighted by Gasteiger charge is 2.24. The summed E-state index contributed by atoms with van der Waals surface area (Å²) in [6.07, 6.45) is 2.02. The van der Waals surface area contributed by atoms with Gasteiger partial charge in [-0.1, -0.05) is 55.5 Å². The number of hydrogen-bond donors (Lipinski definition) is 3. The van der Waals surface area contributed by atoms with E-state index in [1.807, 2.05) is 49.4 Å². The van der Waals surface area contributed by atoms with E-state index in [1.165, 1.54) is 0 Å². The minimum Gasteiger partial charge on any atom is -0.465 e. The first-order valence-corrected chi connectivity index (χ1v) is 9.70. The van der Waals surface area contributed by atoms with Gasteiger partial charge in [-0.05, 0) is 52.9 Å². The van der Waals surface area contributed by atoms with E-state index in [0.717, 1.165) is 34.0 Å². The molecule has 144 valence electrons. The van der Waals surface area contributed by atoms with Gasteiger partial charge in [-0.15, -0.1) is 0 Å². The van der Waals surface area contributed by atoms with Gasteiger partial charge in [0.1, 0.15) is 0 Å². The van der Waals surface area contributed by atoms with Gasteiger partial charge >= 0.3 is 6.09 Å². The molecular formula is C21H20N2O4S. The Bertz CT molecular complexity index is 938. The van der Waals surface area contributed by atoms with Crippen LogP contribution in [0.15, 0.2) is 53.4 Å². The molecule has 1 fully saturated rings. The maximum absolute atomic E-state index is 11.6. The maximum Gasteiger partial charge on any atom is 0.404 e. The number of carbonyl (C=O) groups excluding carboxylic acids is 2. The van der Waals surface area contributed by atoms with E-state index in [9.17, 15) is 14.4 Å². The lowest BCUT2D eigenvalue weighted by molar-refractivity contribution is -0.115. The maximum atomic E-state index is 11.6. The Hall–Kier alpha value is -3.06. The lowest BCUT2D eigenvalue weighted by Gasteiger charge is -2.15. The number of amides is 3. The minimum atomic E-state index is -1.01. The topological polar surface area (TPSA) is 95.5 Å². The second kappa shape index (κ2) is 8.75. The minimum absolute atomic E-state index is 0.125. The van der Waals surface area contributed by atoms with Crippen molar-refractivity contribution in [3.05, 3.63) is 64.6 Å². The van der Waals surface area contributed by atoms with Crippen LogP contribution in [0.25, 0.3) is 17.2 Å². The van der Waals surface area contributed by atoms with Gasteiger partial charge in [-0.3, -0.25) is 14.9 Å². The second-order valence-corrected chi connectivity index (χ2v) is 7.45. The molecule has 1 atom stereocenters. The molecule has 1 unspecified atom stereocenters. The first kappa shape index (κ1) is 19.7. The van der Waals surface area contributed by atoms with Crippen molar-refractivity contribution in [1.82, 2.24) is 10.6 Å². The molecular weight excluding hydrogens is 376 g/mol. The molecule has 0 spiro atoms. The number of carbonyl (C=O) groups is 3. The molecule has 1 saturated heterocycles. The fourth-order valence-electron chi connectivity index (χ4n) is 2.98. The fraction of sp³-hybridized carbons (Fsp3) is 0.190. The standard InChI is InChI=1S/C21H20N2O4S/c1-2-17(22-20(25)26)11-14-4-3-5-16(10-14)15-8-6-13(7-9-15)12-18-19(24)23-21(27)28-18/h3-10,12,17,22H,2,11H2,1H3,(H,25,26)(H,23,24,27). The molecule has 7 heteroatoms. The van der Waals surface area contributed by atoms with E-state index in [1.54, 1.807) is 6.08 Å². The zero-order chi connectivity index (χ0) is 20.1. The smallest absolute Gasteiger partial charge is 0.404 e. The lowest BCUT2D eigenvalue weighted by Crippen LogP contribution is -2.34. The van der Waals surface area contributed by atoms with Crippen LogP contribution in [0.1, 0.15) is 24.5 Å². The summed E-state index contributed by atoms with van der Waals surface area (Å²) < 4.78 is 0. The van der Waals surface area contributed by atoms with Gasteiger partial charge in [0.2, 0.25) is 0 Å². The van der Waals surface area contributed by atoms with Crippen LogP contribution in [0.5, 0.6) is 0 Å². The normalized spacial score (nSPS) is 16.1. The summed E-state index contributed by atoms with van der Waals surface area (Å²) in [5.74, 6) is -0.368. The molecule has 3 N–H and O–H groups in total. The molecule has 1 heterocycles. The van der Waals surface area contributed by atoms with Crippen LogP contribution >= 0.6 is 11.8 Å². The summed E-state index contributed by atoms with van der Waals surface area (Å²) in [5.41, 5.74) is 3.94. The van der Waals surface area contributed by atoms with Crippen molar-refractivity contribution in [2.45, 2.75) is 25.8 Å². The summed E-state index contributed by atoms with van der Waals surface area (Å²) in [6, 6.07) is 15.6. The van der Waals surface area contributed by atoms with Crippen LogP contribution in [0.4, 0.5) is 9.59 Å². The molecule has 6 nitrogen and oxygen atoms in total. The number of rotatable bonds is 6. The summed E-state index contributed by atoms with van der Waals surface area (Å²) in [7, 11) is 0. The molecule has 0 aliphatic carbocycles. The van der Waals surface area contributed by atoms with E-state index in [-0.39, 0.29) is 17.2 Å². The molecule has 1 aliphatic heterocycles. The molecule has 0 aromatic heterocycles. The van der Waals surface area contributed by atoms with E-state index >= 15 is 0 Å². The van der Waals surface area contributed by atoms with E-state index in [2.05, 4.69) is 16.7 Å². The van der Waals surface area contributed by atoms with Gasteiger partial charge in [0.05, 0.1) is 4.91 Å². The summed E-state index contributed by atoms with van der Waals surface area (Å²) >= 11 is 0.897. The largest absolute Gasteiger partial charge is 0.465 e. The average molecular weight is 396 g/mol. The van der Waals surface area contributed by atoms with Crippen molar-refractivity contribution in [1.29, 1.82) is 0 Å². The number of thioether (sulfide) groups is 1. The highest BCUT2D eigenvalue weighted by Crippen LogP contribution is 2.27. The highest BCUT2D eigenvalue weighted by molar-refractivity contribution is 8.18. The van der Waals surface area contributed by atoms with Crippen LogP contribution in [-0.2, 0) is 11.2 Å². The van der Waals surface area contributed by atoms with Gasteiger partial charge < -0.3 is 10.4 Å². The van der Waals surface area contributed by atoms with Crippen molar-refractivity contribution in [3.63, 3.8) is 0 Å². The van der Waals surface area contributed by atoms with Gasteiger partial charge in [-0.25, -0.2) is 4.79 Å². The molecule has 2 aromatic carbocycles. The van der Waals surface area contributed by atoms with Crippen molar-refractivity contribution < 1.29 is 19.5 Å². The third-order valence-corrected chi connectivity index (χ3v) is 5.22.